The van der Waals surface area contributed by atoms with E-state index >= 15 is 0 Å². The van der Waals surface area contributed by atoms with E-state index in [1.165, 1.54) is 5.56 Å². The molecule has 3 rings (SSSR count). The number of nitrogens with one attached hydrogen (secondary N) is 2. The normalized spacial score (nSPS) is 14.5. The van der Waals surface area contributed by atoms with Crippen molar-refractivity contribution in [1.29, 1.82) is 0 Å². The maximum Gasteiger partial charge on any atom is 0.266 e. The largest absolute Gasteiger partial charge is 0.273 e. The van der Waals surface area contributed by atoms with Gasteiger partial charge in [-0.25, -0.2) is 8.42 Å². The molecule has 0 saturated heterocycles. The van der Waals surface area contributed by atoms with Crippen molar-refractivity contribution >= 4 is 15.9 Å². The van der Waals surface area contributed by atoms with Crippen molar-refractivity contribution in [2.45, 2.75) is 56.8 Å². The number of fused-ring (bicyclic) bond motifs is 1. The first-order chi connectivity index (χ1) is 12.7. The highest BCUT2D eigenvalue weighted by atomic mass is 32.2. The van der Waals surface area contributed by atoms with Crippen molar-refractivity contribution in [2.24, 2.45) is 0 Å². The van der Waals surface area contributed by atoms with E-state index < -0.39 is 15.9 Å². The van der Waals surface area contributed by atoms with Crippen LogP contribution in [-0.4, -0.2) is 14.3 Å². The van der Waals surface area contributed by atoms with Gasteiger partial charge in [-0.05, 0) is 72.1 Å². The van der Waals surface area contributed by atoms with Gasteiger partial charge in [-0.3, -0.25) is 10.2 Å². The van der Waals surface area contributed by atoms with E-state index in [0.717, 1.165) is 36.8 Å². The summed E-state index contributed by atoms with van der Waals surface area (Å²) in [5.74, 6) is -0.489. The molecule has 1 aliphatic carbocycles. The number of hydrogen-bond acceptors (Lipinski definition) is 3. The smallest absolute Gasteiger partial charge is 0.266 e. The molecular formula is C21H26N2O3S. The molecule has 0 aliphatic heterocycles. The third-order valence-corrected chi connectivity index (χ3v) is 6.19. The highest BCUT2D eigenvalue weighted by Gasteiger charge is 2.19. The lowest BCUT2D eigenvalue weighted by molar-refractivity contribution is 0.0945. The first-order valence-corrected chi connectivity index (χ1v) is 10.7. The van der Waals surface area contributed by atoms with E-state index in [-0.39, 0.29) is 10.3 Å². The van der Waals surface area contributed by atoms with Crippen LogP contribution in [0.1, 0.15) is 60.7 Å². The summed E-state index contributed by atoms with van der Waals surface area (Å²) in [5, 5.41) is 0. The molecular weight excluding hydrogens is 360 g/mol. The van der Waals surface area contributed by atoms with Crippen LogP contribution >= 0.6 is 0 Å². The number of hydrazine groups is 1. The second-order valence-corrected chi connectivity index (χ2v) is 9.71. The second kappa shape index (κ2) is 7.44. The Hall–Kier alpha value is -2.18. The van der Waals surface area contributed by atoms with Gasteiger partial charge in [0.25, 0.3) is 15.9 Å². The Kier molecular flexibility index (Phi) is 5.40. The molecule has 5 nitrogen and oxygen atoms in total. The number of carbonyl (C=O) groups is 1. The fraction of sp³-hybridized carbons (Fsp3) is 0.381. The molecule has 144 valence electrons. The summed E-state index contributed by atoms with van der Waals surface area (Å²) < 4.78 is 25.0. The van der Waals surface area contributed by atoms with Crippen LogP contribution < -0.4 is 10.3 Å². The molecule has 0 aromatic heterocycles. The summed E-state index contributed by atoms with van der Waals surface area (Å²) in [6.45, 7) is 6.28. The van der Waals surface area contributed by atoms with Gasteiger partial charge in [0.15, 0.2) is 0 Å². The van der Waals surface area contributed by atoms with Crippen LogP contribution in [-0.2, 0) is 28.3 Å². The fourth-order valence-corrected chi connectivity index (χ4v) is 4.13. The van der Waals surface area contributed by atoms with Crippen molar-refractivity contribution in [3.05, 3.63) is 64.7 Å². The van der Waals surface area contributed by atoms with Gasteiger partial charge in [-0.2, -0.15) is 0 Å². The summed E-state index contributed by atoms with van der Waals surface area (Å²) in [6.07, 6.45) is 4.10. The summed E-state index contributed by atoms with van der Waals surface area (Å²) in [7, 11) is -3.81. The SMILES string of the molecule is CC(C)(C)c1ccc(C(=O)NNS(=O)(=O)c2ccc3c(c2)CCCC3)cc1. The number of benzene rings is 2. The molecule has 0 unspecified atom stereocenters. The van der Waals surface area contributed by atoms with Crippen LogP contribution in [0.4, 0.5) is 0 Å². The Balaban J connectivity index is 1.69. The Bertz CT molecular complexity index is 942. The summed E-state index contributed by atoms with van der Waals surface area (Å²) >= 11 is 0. The third-order valence-electron chi connectivity index (χ3n) is 4.94. The Morgan fingerprint density at radius 1 is 0.926 bits per heavy atom. The Morgan fingerprint density at radius 2 is 1.56 bits per heavy atom. The molecule has 0 heterocycles. The van der Waals surface area contributed by atoms with Crippen molar-refractivity contribution in [2.75, 3.05) is 0 Å². The van der Waals surface area contributed by atoms with Crippen molar-refractivity contribution in [3.63, 3.8) is 0 Å². The molecule has 2 aromatic carbocycles. The standard InChI is InChI=1S/C21H26N2O3S/c1-21(2,3)18-11-8-16(9-12-18)20(24)22-23-27(25,26)19-13-10-15-6-4-5-7-17(15)14-19/h8-14,23H,4-7H2,1-3H3,(H,22,24). The molecule has 0 saturated carbocycles. The zero-order chi connectivity index (χ0) is 19.7. The van der Waals surface area contributed by atoms with E-state index in [0.29, 0.717) is 5.56 Å². The minimum absolute atomic E-state index is 0.0109. The average molecular weight is 387 g/mol. The molecule has 6 heteroatoms. The summed E-state index contributed by atoms with van der Waals surface area (Å²) in [6, 6.07) is 12.3. The molecule has 0 radical (unpaired) electrons. The van der Waals surface area contributed by atoms with Crippen LogP contribution in [0.3, 0.4) is 0 Å². The zero-order valence-corrected chi connectivity index (χ0v) is 16.8. The van der Waals surface area contributed by atoms with E-state index in [9.17, 15) is 13.2 Å². The van der Waals surface area contributed by atoms with Gasteiger partial charge in [0.1, 0.15) is 0 Å². The predicted octanol–water partition coefficient (Wildman–Crippen LogP) is 3.49. The van der Waals surface area contributed by atoms with Gasteiger partial charge >= 0.3 is 0 Å². The highest BCUT2D eigenvalue weighted by molar-refractivity contribution is 7.89. The Morgan fingerprint density at radius 3 is 2.19 bits per heavy atom. The topological polar surface area (TPSA) is 75.3 Å². The lowest BCUT2D eigenvalue weighted by Gasteiger charge is -2.19. The monoisotopic (exact) mass is 386 g/mol. The molecule has 2 N–H and O–H groups in total. The van der Waals surface area contributed by atoms with Gasteiger partial charge < -0.3 is 0 Å². The number of sulfonamides is 1. The first kappa shape index (κ1) is 19.6. The average Bonchev–Trinajstić information content (AvgIpc) is 2.65. The maximum atomic E-state index is 12.5. The van der Waals surface area contributed by atoms with Crippen LogP contribution in [0.15, 0.2) is 47.4 Å². The van der Waals surface area contributed by atoms with E-state index in [4.69, 9.17) is 0 Å². The third kappa shape index (κ3) is 4.57. The van der Waals surface area contributed by atoms with Crippen LogP contribution in [0.2, 0.25) is 0 Å². The lowest BCUT2D eigenvalue weighted by atomic mass is 9.87. The minimum Gasteiger partial charge on any atom is -0.273 e. The van der Waals surface area contributed by atoms with Gasteiger partial charge in [0, 0.05) is 5.56 Å². The molecule has 0 bridgehead atoms. The van der Waals surface area contributed by atoms with E-state index in [1.807, 2.05) is 18.2 Å². The van der Waals surface area contributed by atoms with Gasteiger partial charge in [-0.1, -0.05) is 39.0 Å². The number of aryl methyl sites for hydroxylation is 2. The van der Waals surface area contributed by atoms with Gasteiger partial charge in [0.05, 0.1) is 4.90 Å². The number of amides is 1. The molecule has 0 spiro atoms. The van der Waals surface area contributed by atoms with Crippen molar-refractivity contribution in [1.82, 2.24) is 10.3 Å². The lowest BCUT2D eigenvalue weighted by Crippen LogP contribution is -2.41. The number of carbonyl (C=O) groups excluding carboxylic acids is 1. The maximum absolute atomic E-state index is 12.5. The first-order valence-electron chi connectivity index (χ1n) is 9.21. The molecule has 1 amide bonds. The second-order valence-electron chi connectivity index (χ2n) is 8.02. The fourth-order valence-electron chi connectivity index (χ4n) is 3.24. The summed E-state index contributed by atoms with van der Waals surface area (Å²) in [5.41, 5.74) is 6.08. The van der Waals surface area contributed by atoms with Gasteiger partial charge in [-0.15, -0.1) is 4.83 Å². The van der Waals surface area contributed by atoms with Crippen molar-refractivity contribution < 1.29 is 13.2 Å². The minimum atomic E-state index is -3.81. The number of rotatable bonds is 4. The van der Waals surface area contributed by atoms with Crippen LogP contribution in [0, 0.1) is 0 Å². The summed E-state index contributed by atoms with van der Waals surface area (Å²) in [4.78, 5) is 14.6. The molecule has 27 heavy (non-hydrogen) atoms. The molecule has 1 aliphatic rings. The van der Waals surface area contributed by atoms with E-state index in [1.54, 1.807) is 24.3 Å². The van der Waals surface area contributed by atoms with Crippen LogP contribution in [0.5, 0.6) is 0 Å². The quantitative estimate of drug-likeness (QED) is 0.790. The van der Waals surface area contributed by atoms with Gasteiger partial charge in [0.2, 0.25) is 0 Å². The predicted molar refractivity (Wildman–Crippen MR) is 106 cm³/mol. The zero-order valence-electron chi connectivity index (χ0n) is 16.0. The highest BCUT2D eigenvalue weighted by Crippen LogP contribution is 2.24. The van der Waals surface area contributed by atoms with E-state index in [2.05, 4.69) is 31.0 Å². The molecule has 2 aromatic rings. The molecule has 0 fully saturated rings. The Labute approximate surface area is 161 Å². The number of hydrogen-bond donors (Lipinski definition) is 2. The van der Waals surface area contributed by atoms with Crippen LogP contribution in [0.25, 0.3) is 0 Å². The molecule has 0 atom stereocenters. The van der Waals surface area contributed by atoms with Crippen molar-refractivity contribution in [3.8, 4) is 0 Å².